The van der Waals surface area contributed by atoms with Crippen molar-refractivity contribution in [2.75, 3.05) is 0 Å². The lowest BCUT2D eigenvalue weighted by molar-refractivity contribution is 0.568. The lowest BCUT2D eigenvalue weighted by Gasteiger charge is -1.99. The van der Waals surface area contributed by atoms with Crippen molar-refractivity contribution in [2.45, 2.75) is 0 Å². The first-order valence-corrected chi connectivity index (χ1v) is 4.95. The second-order valence-electron chi connectivity index (χ2n) is 3.45. The van der Waals surface area contributed by atoms with E-state index in [4.69, 9.17) is 8.83 Å². The third-order valence-corrected chi connectivity index (χ3v) is 2.43. The van der Waals surface area contributed by atoms with Gasteiger partial charge in [0, 0.05) is 17.3 Å². The summed E-state index contributed by atoms with van der Waals surface area (Å²) in [5.74, 6) is 0. The Balaban J connectivity index is 2.07. The maximum Gasteiger partial charge on any atom is 0.0996 e. The van der Waals surface area contributed by atoms with Gasteiger partial charge in [-0.2, -0.15) is 0 Å². The van der Waals surface area contributed by atoms with Gasteiger partial charge in [-0.3, -0.25) is 4.98 Å². The summed E-state index contributed by atoms with van der Waals surface area (Å²) in [6.07, 6.45) is 8.48. The molecule has 78 valence electrons. The Morgan fingerprint density at radius 1 is 0.812 bits per heavy atom. The molecule has 3 aromatic heterocycles. The van der Waals surface area contributed by atoms with Crippen LogP contribution in [0.3, 0.4) is 0 Å². The van der Waals surface area contributed by atoms with Gasteiger partial charge in [-0.15, -0.1) is 0 Å². The second kappa shape index (κ2) is 3.70. The first kappa shape index (κ1) is 8.97. The van der Waals surface area contributed by atoms with Crippen LogP contribution in [-0.4, -0.2) is 4.98 Å². The number of rotatable bonds is 2. The zero-order valence-corrected chi connectivity index (χ0v) is 8.46. The van der Waals surface area contributed by atoms with E-state index in [0.29, 0.717) is 0 Å². The molecule has 3 heteroatoms. The minimum absolute atomic E-state index is 0.896. The normalized spacial score (nSPS) is 10.5. The highest BCUT2D eigenvalue weighted by atomic mass is 16.3. The molecule has 0 radical (unpaired) electrons. The Morgan fingerprint density at radius 3 is 2.25 bits per heavy atom. The number of hydrogen-bond donors (Lipinski definition) is 0. The zero-order valence-electron chi connectivity index (χ0n) is 8.46. The number of hydrogen-bond acceptors (Lipinski definition) is 3. The van der Waals surface area contributed by atoms with E-state index in [1.807, 2.05) is 24.3 Å². The minimum atomic E-state index is 0.896. The van der Waals surface area contributed by atoms with Crippen LogP contribution in [0, 0.1) is 0 Å². The van der Waals surface area contributed by atoms with Crippen LogP contribution < -0.4 is 0 Å². The van der Waals surface area contributed by atoms with Crippen molar-refractivity contribution in [1.29, 1.82) is 0 Å². The van der Waals surface area contributed by atoms with Gasteiger partial charge in [0.15, 0.2) is 0 Å². The van der Waals surface area contributed by atoms with Crippen LogP contribution in [0.4, 0.5) is 0 Å². The molecule has 0 saturated carbocycles. The predicted molar refractivity (Wildman–Crippen MR) is 59.6 cm³/mol. The molecule has 0 saturated heterocycles. The van der Waals surface area contributed by atoms with Gasteiger partial charge in [0.05, 0.1) is 30.7 Å². The van der Waals surface area contributed by atoms with Crippen molar-refractivity contribution in [3.63, 3.8) is 0 Å². The van der Waals surface area contributed by atoms with Crippen molar-refractivity contribution >= 4 is 0 Å². The number of nitrogens with zero attached hydrogens (tertiary/aromatic N) is 1. The predicted octanol–water partition coefficient (Wildman–Crippen LogP) is 3.60. The van der Waals surface area contributed by atoms with E-state index < -0.39 is 0 Å². The highest BCUT2D eigenvalue weighted by Gasteiger charge is 2.04. The largest absolute Gasteiger partial charge is 0.472 e. The summed E-state index contributed by atoms with van der Waals surface area (Å²) in [5, 5.41) is 0. The SMILES string of the molecule is c1cc(-c2ccoc2)cc(-c2ccoc2)n1. The van der Waals surface area contributed by atoms with Gasteiger partial charge in [-0.1, -0.05) is 0 Å². The molecule has 0 fully saturated rings. The van der Waals surface area contributed by atoms with Gasteiger partial charge in [0.2, 0.25) is 0 Å². The fourth-order valence-corrected chi connectivity index (χ4v) is 1.61. The molecule has 0 bridgehead atoms. The highest BCUT2D eigenvalue weighted by molar-refractivity contribution is 5.68. The highest BCUT2D eigenvalue weighted by Crippen LogP contribution is 2.24. The molecule has 0 spiro atoms. The minimum Gasteiger partial charge on any atom is -0.472 e. The molecule has 0 aliphatic carbocycles. The third kappa shape index (κ3) is 1.52. The molecule has 0 aliphatic heterocycles. The van der Waals surface area contributed by atoms with Crippen molar-refractivity contribution < 1.29 is 8.83 Å². The Labute approximate surface area is 92.4 Å². The maximum absolute atomic E-state index is 5.06. The maximum atomic E-state index is 5.06. The summed E-state index contributed by atoms with van der Waals surface area (Å²) >= 11 is 0. The molecule has 0 unspecified atom stereocenters. The van der Waals surface area contributed by atoms with Crippen LogP contribution in [0.1, 0.15) is 0 Å². The van der Waals surface area contributed by atoms with E-state index in [2.05, 4.69) is 4.98 Å². The van der Waals surface area contributed by atoms with Crippen LogP contribution in [0.2, 0.25) is 0 Å². The molecule has 3 nitrogen and oxygen atoms in total. The van der Waals surface area contributed by atoms with Crippen LogP contribution in [-0.2, 0) is 0 Å². The summed E-state index contributed by atoms with van der Waals surface area (Å²) < 4.78 is 10.1. The van der Waals surface area contributed by atoms with E-state index >= 15 is 0 Å². The number of aromatic nitrogens is 1. The number of pyridine rings is 1. The van der Waals surface area contributed by atoms with Gasteiger partial charge in [-0.25, -0.2) is 0 Å². The monoisotopic (exact) mass is 211 g/mol. The molecule has 0 aromatic carbocycles. The number of furan rings is 2. The average Bonchev–Trinajstić information content (AvgIpc) is 3.03. The first-order chi connectivity index (χ1) is 7.93. The second-order valence-corrected chi connectivity index (χ2v) is 3.45. The Hall–Kier alpha value is -2.29. The summed E-state index contributed by atoms with van der Waals surface area (Å²) in [7, 11) is 0. The van der Waals surface area contributed by atoms with E-state index in [1.165, 1.54) is 0 Å². The van der Waals surface area contributed by atoms with Crippen molar-refractivity contribution in [1.82, 2.24) is 4.98 Å². The van der Waals surface area contributed by atoms with Crippen molar-refractivity contribution in [2.24, 2.45) is 0 Å². The molecular formula is C13H9NO2. The fourth-order valence-electron chi connectivity index (χ4n) is 1.61. The van der Waals surface area contributed by atoms with E-state index in [-0.39, 0.29) is 0 Å². The molecule has 0 N–H and O–H groups in total. The molecule has 3 heterocycles. The Morgan fingerprint density at radius 2 is 1.56 bits per heavy atom. The molecule has 3 rings (SSSR count). The fraction of sp³-hybridized carbons (Fsp3) is 0. The average molecular weight is 211 g/mol. The molecule has 16 heavy (non-hydrogen) atoms. The van der Waals surface area contributed by atoms with Gasteiger partial charge in [0.25, 0.3) is 0 Å². The Bertz CT molecular complexity index is 518. The summed E-state index contributed by atoms with van der Waals surface area (Å²) in [6.45, 7) is 0. The zero-order chi connectivity index (χ0) is 10.8. The van der Waals surface area contributed by atoms with E-state index in [0.717, 1.165) is 22.4 Å². The van der Waals surface area contributed by atoms with Gasteiger partial charge >= 0.3 is 0 Å². The van der Waals surface area contributed by atoms with Crippen LogP contribution >= 0.6 is 0 Å². The lowest BCUT2D eigenvalue weighted by Crippen LogP contribution is -1.82. The Kier molecular flexibility index (Phi) is 2.07. The standard InChI is InChI=1S/C13H9NO2/c1-4-14-13(12-3-6-16-9-12)7-10(1)11-2-5-15-8-11/h1-9H. The quantitative estimate of drug-likeness (QED) is 0.650. The van der Waals surface area contributed by atoms with Crippen molar-refractivity contribution in [3.05, 3.63) is 55.5 Å². The molecular weight excluding hydrogens is 202 g/mol. The van der Waals surface area contributed by atoms with Crippen LogP contribution in [0.15, 0.2) is 64.3 Å². The van der Waals surface area contributed by atoms with E-state index in [9.17, 15) is 0 Å². The third-order valence-electron chi connectivity index (χ3n) is 2.43. The lowest BCUT2D eigenvalue weighted by atomic mass is 10.1. The molecule has 0 amide bonds. The van der Waals surface area contributed by atoms with Crippen molar-refractivity contribution in [3.8, 4) is 22.4 Å². The topological polar surface area (TPSA) is 39.2 Å². The summed E-state index contributed by atoms with van der Waals surface area (Å²) in [5.41, 5.74) is 4.00. The molecule has 0 atom stereocenters. The van der Waals surface area contributed by atoms with Gasteiger partial charge in [0.1, 0.15) is 0 Å². The van der Waals surface area contributed by atoms with Crippen LogP contribution in [0.25, 0.3) is 22.4 Å². The van der Waals surface area contributed by atoms with Gasteiger partial charge in [-0.05, 0) is 29.8 Å². The van der Waals surface area contributed by atoms with Gasteiger partial charge < -0.3 is 8.83 Å². The molecule has 3 aromatic rings. The smallest absolute Gasteiger partial charge is 0.0996 e. The summed E-state index contributed by atoms with van der Waals surface area (Å²) in [6, 6.07) is 7.78. The summed E-state index contributed by atoms with van der Waals surface area (Å²) in [4.78, 5) is 4.30. The van der Waals surface area contributed by atoms with Crippen LogP contribution in [0.5, 0.6) is 0 Å². The first-order valence-electron chi connectivity index (χ1n) is 4.95. The van der Waals surface area contributed by atoms with E-state index in [1.54, 1.807) is 31.2 Å². The molecule has 0 aliphatic rings.